The number of anilines is 2. The van der Waals surface area contributed by atoms with Crippen molar-refractivity contribution in [3.8, 4) is 0 Å². The number of hydrogen-bond acceptors (Lipinski definition) is 3. The Morgan fingerprint density at radius 1 is 1.26 bits per heavy atom. The highest BCUT2D eigenvalue weighted by Crippen LogP contribution is 2.37. The summed E-state index contributed by atoms with van der Waals surface area (Å²) >= 11 is 1.80. The molecule has 1 aliphatic rings. The van der Waals surface area contributed by atoms with Crippen LogP contribution in [0.5, 0.6) is 0 Å². The topological polar surface area (TPSA) is 32.3 Å². The molecule has 0 saturated carbocycles. The molecule has 5 heteroatoms. The van der Waals surface area contributed by atoms with Gasteiger partial charge in [-0.3, -0.25) is 4.79 Å². The molecule has 2 aromatic carbocycles. The maximum absolute atomic E-state index is 13.6. The first-order valence-corrected chi connectivity index (χ1v) is 8.57. The van der Waals surface area contributed by atoms with Gasteiger partial charge in [0.15, 0.2) is 0 Å². The number of nitrogens with one attached hydrogen (secondary N) is 1. The minimum absolute atomic E-state index is 0.0459. The molecule has 120 valence electrons. The quantitative estimate of drug-likeness (QED) is 0.917. The van der Waals surface area contributed by atoms with E-state index < -0.39 is 0 Å². The summed E-state index contributed by atoms with van der Waals surface area (Å²) in [6.07, 6.45) is 0.935. The highest BCUT2D eigenvalue weighted by Gasteiger charge is 2.23. The maximum atomic E-state index is 13.6. The Morgan fingerprint density at radius 2 is 2.00 bits per heavy atom. The summed E-state index contributed by atoms with van der Waals surface area (Å²) in [7, 11) is 0. The van der Waals surface area contributed by atoms with Crippen molar-refractivity contribution in [1.82, 2.24) is 0 Å². The van der Waals surface area contributed by atoms with Crippen molar-refractivity contribution < 1.29 is 9.18 Å². The van der Waals surface area contributed by atoms with Crippen LogP contribution in [0, 0.1) is 5.82 Å². The van der Waals surface area contributed by atoms with Crippen LogP contribution < -0.4 is 10.2 Å². The summed E-state index contributed by atoms with van der Waals surface area (Å²) in [6, 6.07) is 14.3. The van der Waals surface area contributed by atoms with Gasteiger partial charge in [0.2, 0.25) is 5.91 Å². The lowest BCUT2D eigenvalue weighted by atomic mass is 10.2. The molecule has 23 heavy (non-hydrogen) atoms. The van der Waals surface area contributed by atoms with Crippen LogP contribution in [0.15, 0.2) is 53.4 Å². The zero-order valence-corrected chi connectivity index (χ0v) is 13.8. The van der Waals surface area contributed by atoms with Gasteiger partial charge in [0, 0.05) is 16.7 Å². The molecule has 1 aliphatic heterocycles. The molecule has 0 aromatic heterocycles. The van der Waals surface area contributed by atoms with Crippen LogP contribution in [0.4, 0.5) is 15.8 Å². The van der Waals surface area contributed by atoms with Crippen molar-refractivity contribution in [3.05, 3.63) is 54.3 Å². The van der Waals surface area contributed by atoms with Crippen molar-refractivity contribution in [1.29, 1.82) is 0 Å². The van der Waals surface area contributed by atoms with E-state index in [1.54, 1.807) is 34.9 Å². The third-order valence-electron chi connectivity index (χ3n) is 3.85. The average molecular weight is 330 g/mol. The minimum atomic E-state index is -0.347. The van der Waals surface area contributed by atoms with E-state index in [1.807, 2.05) is 24.3 Å². The second-order valence-corrected chi connectivity index (χ2v) is 7.04. The van der Waals surface area contributed by atoms with E-state index >= 15 is 0 Å². The fraction of sp³-hybridized carbons (Fsp3) is 0.278. The van der Waals surface area contributed by atoms with E-state index in [9.17, 15) is 9.18 Å². The maximum Gasteiger partial charge on any atom is 0.246 e. The van der Waals surface area contributed by atoms with E-state index in [4.69, 9.17) is 0 Å². The van der Waals surface area contributed by atoms with Gasteiger partial charge in [0.25, 0.3) is 0 Å². The van der Waals surface area contributed by atoms with Crippen LogP contribution in [0.2, 0.25) is 0 Å². The Kier molecular flexibility index (Phi) is 4.86. The van der Waals surface area contributed by atoms with E-state index in [1.165, 1.54) is 6.07 Å². The summed E-state index contributed by atoms with van der Waals surface area (Å²) < 4.78 is 13.6. The first-order valence-electron chi connectivity index (χ1n) is 7.69. The molecule has 1 amide bonds. The van der Waals surface area contributed by atoms with Gasteiger partial charge < -0.3 is 10.2 Å². The highest BCUT2D eigenvalue weighted by molar-refractivity contribution is 8.00. The molecule has 3 nitrogen and oxygen atoms in total. The molecule has 1 N–H and O–H groups in total. The van der Waals surface area contributed by atoms with E-state index in [-0.39, 0.29) is 18.3 Å². The van der Waals surface area contributed by atoms with Gasteiger partial charge in [-0.05, 0) is 30.7 Å². The molecule has 0 fully saturated rings. The number of carbonyl (C=O) groups is 1. The lowest BCUT2D eigenvalue weighted by Crippen LogP contribution is -2.36. The molecular weight excluding hydrogens is 311 g/mol. The number of hydrogen-bond donors (Lipinski definition) is 1. The molecule has 0 bridgehead atoms. The van der Waals surface area contributed by atoms with Crippen LogP contribution in [0.25, 0.3) is 0 Å². The Labute approximate surface area is 139 Å². The number of thioether (sulfide) groups is 1. The minimum Gasteiger partial charge on any atom is -0.374 e. The van der Waals surface area contributed by atoms with Crippen LogP contribution in [0.3, 0.4) is 0 Å². The molecule has 0 aliphatic carbocycles. The van der Waals surface area contributed by atoms with Gasteiger partial charge in [-0.1, -0.05) is 31.2 Å². The number of halogens is 1. The van der Waals surface area contributed by atoms with E-state index in [0.29, 0.717) is 17.5 Å². The average Bonchev–Trinajstić information content (AvgIpc) is 2.72. The second-order valence-electron chi connectivity index (χ2n) is 5.56. The summed E-state index contributed by atoms with van der Waals surface area (Å²) in [5.74, 6) is -0.392. The molecule has 0 radical (unpaired) electrons. The lowest BCUT2D eigenvalue weighted by Gasteiger charge is -2.23. The van der Waals surface area contributed by atoms with Crippen LogP contribution in [-0.4, -0.2) is 24.2 Å². The first-order chi connectivity index (χ1) is 11.1. The van der Waals surface area contributed by atoms with E-state index in [2.05, 4.69) is 12.2 Å². The van der Waals surface area contributed by atoms with E-state index in [0.717, 1.165) is 17.0 Å². The summed E-state index contributed by atoms with van der Waals surface area (Å²) in [5.41, 5.74) is 1.30. The van der Waals surface area contributed by atoms with Gasteiger partial charge in [-0.15, -0.1) is 11.8 Å². The largest absolute Gasteiger partial charge is 0.374 e. The number of carbonyl (C=O) groups excluding carboxylic acids is 1. The highest BCUT2D eigenvalue weighted by atomic mass is 32.2. The van der Waals surface area contributed by atoms with Crippen LogP contribution in [-0.2, 0) is 4.79 Å². The SMILES string of the molecule is CC1CCN(C(=O)CNc2ccccc2F)c2ccccc2S1. The monoisotopic (exact) mass is 330 g/mol. The first kappa shape index (κ1) is 15.9. The predicted octanol–water partition coefficient (Wildman–Crippen LogP) is 4.16. The number of amides is 1. The molecular formula is C18H19FN2OS. The second kappa shape index (κ2) is 7.04. The fourth-order valence-electron chi connectivity index (χ4n) is 2.62. The van der Waals surface area contributed by atoms with Crippen molar-refractivity contribution >= 4 is 29.0 Å². The lowest BCUT2D eigenvalue weighted by molar-refractivity contribution is -0.117. The van der Waals surface area contributed by atoms with Gasteiger partial charge in [-0.25, -0.2) is 4.39 Å². The summed E-state index contributed by atoms with van der Waals surface area (Å²) in [4.78, 5) is 15.6. The van der Waals surface area contributed by atoms with Gasteiger partial charge in [0.05, 0.1) is 17.9 Å². The number of nitrogens with zero attached hydrogens (tertiary/aromatic N) is 1. The number of fused-ring (bicyclic) bond motifs is 1. The zero-order valence-electron chi connectivity index (χ0n) is 13.0. The predicted molar refractivity (Wildman–Crippen MR) is 93.6 cm³/mol. The third-order valence-corrected chi connectivity index (χ3v) is 5.09. The van der Waals surface area contributed by atoms with Crippen molar-refractivity contribution in [2.24, 2.45) is 0 Å². The zero-order chi connectivity index (χ0) is 16.2. The standard InChI is InChI=1S/C18H19FN2OS/c1-13-10-11-21(16-8-4-5-9-17(16)23-13)18(22)12-20-15-7-3-2-6-14(15)19/h2-9,13,20H,10-12H2,1H3. The normalized spacial score (nSPS) is 17.3. The van der Waals surface area contributed by atoms with Crippen molar-refractivity contribution in [2.75, 3.05) is 23.3 Å². The summed E-state index contributed by atoms with van der Waals surface area (Å²) in [6.45, 7) is 2.93. The molecule has 1 heterocycles. The van der Waals surface area contributed by atoms with Crippen LogP contribution in [0.1, 0.15) is 13.3 Å². The summed E-state index contributed by atoms with van der Waals surface area (Å²) in [5, 5.41) is 3.37. The molecule has 1 unspecified atom stereocenters. The number of rotatable bonds is 3. The molecule has 0 spiro atoms. The Balaban J connectivity index is 1.75. The van der Waals surface area contributed by atoms with Gasteiger partial charge in [-0.2, -0.15) is 0 Å². The molecule has 2 aromatic rings. The van der Waals surface area contributed by atoms with Crippen LogP contribution >= 0.6 is 11.8 Å². The molecule has 1 atom stereocenters. The van der Waals surface area contributed by atoms with Gasteiger partial charge >= 0.3 is 0 Å². The smallest absolute Gasteiger partial charge is 0.246 e. The van der Waals surface area contributed by atoms with Crippen molar-refractivity contribution in [2.45, 2.75) is 23.5 Å². The Morgan fingerprint density at radius 3 is 2.83 bits per heavy atom. The Bertz CT molecular complexity index is 707. The van der Waals surface area contributed by atoms with Crippen molar-refractivity contribution in [3.63, 3.8) is 0 Å². The fourth-order valence-corrected chi connectivity index (χ4v) is 3.73. The molecule has 0 saturated heterocycles. The Hall–Kier alpha value is -2.01. The number of para-hydroxylation sites is 2. The molecule has 3 rings (SSSR count). The number of benzene rings is 2. The van der Waals surface area contributed by atoms with Gasteiger partial charge in [0.1, 0.15) is 5.82 Å². The third kappa shape index (κ3) is 3.67.